The van der Waals surface area contributed by atoms with Gasteiger partial charge >= 0.3 is 5.69 Å². The van der Waals surface area contributed by atoms with Gasteiger partial charge in [0.25, 0.3) is 5.56 Å². The summed E-state index contributed by atoms with van der Waals surface area (Å²) in [5.41, 5.74) is 2.81. The fraction of sp³-hybridized carbons (Fsp3) is 0.433. The quantitative estimate of drug-likeness (QED) is 0.242. The Kier molecular flexibility index (Phi) is 9.12. The summed E-state index contributed by atoms with van der Waals surface area (Å²) in [5, 5.41) is 0. The molecule has 0 aliphatic rings. The highest BCUT2D eigenvalue weighted by Crippen LogP contribution is 2.19. The molecule has 0 saturated carbocycles. The number of hydrogen-bond acceptors (Lipinski definition) is 4. The summed E-state index contributed by atoms with van der Waals surface area (Å²) in [4.78, 5) is 33.2. The molecule has 37 heavy (non-hydrogen) atoms. The first-order chi connectivity index (χ1) is 18.0. The fourth-order valence-electron chi connectivity index (χ4n) is 4.95. The molecule has 0 spiro atoms. The van der Waals surface area contributed by atoms with Gasteiger partial charge in [-0.1, -0.05) is 99.7 Å². The average molecular weight is 502 g/mol. The van der Waals surface area contributed by atoms with Crippen molar-refractivity contribution in [3.05, 3.63) is 98.5 Å². The second-order valence-corrected chi connectivity index (χ2v) is 9.94. The van der Waals surface area contributed by atoms with Crippen molar-refractivity contribution in [1.82, 2.24) is 23.6 Å². The van der Waals surface area contributed by atoms with Crippen LogP contribution in [0.2, 0.25) is 0 Å². The molecule has 0 aliphatic heterocycles. The number of fused-ring (bicyclic) bond motifs is 1. The first kappa shape index (κ1) is 26.6. The molecule has 0 radical (unpaired) electrons. The molecule has 0 fully saturated rings. The predicted octanol–water partition coefficient (Wildman–Crippen LogP) is 5.00. The lowest BCUT2D eigenvalue weighted by molar-refractivity contribution is 0.238. The number of benzene rings is 2. The third-order valence-electron chi connectivity index (χ3n) is 7.03. The Balaban J connectivity index is 1.69. The van der Waals surface area contributed by atoms with Crippen LogP contribution < -0.4 is 11.2 Å². The van der Waals surface area contributed by atoms with E-state index in [4.69, 9.17) is 4.98 Å². The van der Waals surface area contributed by atoms with E-state index in [1.165, 1.54) is 45.9 Å². The van der Waals surface area contributed by atoms with E-state index in [9.17, 15) is 9.59 Å². The number of unbranched alkanes of at least 4 members (excludes halogenated alkanes) is 5. The molecule has 7 heteroatoms. The second kappa shape index (κ2) is 12.7. The van der Waals surface area contributed by atoms with Crippen LogP contribution in [0, 0.1) is 0 Å². The van der Waals surface area contributed by atoms with Crippen LogP contribution in [0.25, 0.3) is 11.2 Å². The summed E-state index contributed by atoms with van der Waals surface area (Å²) in [6.45, 7) is 5.03. The highest BCUT2D eigenvalue weighted by atomic mass is 16.2. The number of aryl methyl sites for hydroxylation is 2. The number of nitrogens with zero attached hydrogens (tertiary/aromatic N) is 5. The van der Waals surface area contributed by atoms with Crippen LogP contribution >= 0.6 is 0 Å². The zero-order valence-electron chi connectivity index (χ0n) is 22.4. The SMILES string of the molecule is CCCCCCCCn1c(CN(Cc2ccccc2)Cc2ccccc2)nc2c1c(=O)n(C)c(=O)n2C. The van der Waals surface area contributed by atoms with Crippen molar-refractivity contribution in [3.63, 3.8) is 0 Å². The van der Waals surface area contributed by atoms with E-state index in [0.717, 1.165) is 38.3 Å². The first-order valence-electron chi connectivity index (χ1n) is 13.4. The summed E-state index contributed by atoms with van der Waals surface area (Å²) in [6, 6.07) is 20.8. The van der Waals surface area contributed by atoms with E-state index in [-0.39, 0.29) is 11.2 Å². The third kappa shape index (κ3) is 6.46. The van der Waals surface area contributed by atoms with Crippen molar-refractivity contribution < 1.29 is 0 Å². The Bertz CT molecular complexity index is 1360. The van der Waals surface area contributed by atoms with Gasteiger partial charge in [0.15, 0.2) is 11.2 Å². The number of imidazole rings is 1. The minimum atomic E-state index is -0.348. The molecule has 4 rings (SSSR count). The van der Waals surface area contributed by atoms with E-state index in [1.807, 2.05) is 12.1 Å². The predicted molar refractivity (Wildman–Crippen MR) is 149 cm³/mol. The molecule has 2 aromatic heterocycles. The lowest BCUT2D eigenvalue weighted by Gasteiger charge is -2.23. The Morgan fingerprint density at radius 2 is 1.30 bits per heavy atom. The molecule has 2 aromatic carbocycles. The van der Waals surface area contributed by atoms with Gasteiger partial charge in [-0.15, -0.1) is 0 Å². The molecule has 0 amide bonds. The van der Waals surface area contributed by atoms with Gasteiger partial charge < -0.3 is 4.57 Å². The maximum absolute atomic E-state index is 13.3. The lowest BCUT2D eigenvalue weighted by Crippen LogP contribution is -2.37. The average Bonchev–Trinajstić information content (AvgIpc) is 3.27. The normalized spacial score (nSPS) is 11.6. The Labute approximate surface area is 219 Å². The van der Waals surface area contributed by atoms with E-state index in [1.54, 1.807) is 14.1 Å². The number of hydrogen-bond donors (Lipinski definition) is 0. The molecular weight excluding hydrogens is 462 g/mol. The molecule has 7 nitrogen and oxygen atoms in total. The lowest BCUT2D eigenvalue weighted by atomic mass is 10.1. The monoisotopic (exact) mass is 501 g/mol. The molecule has 0 unspecified atom stereocenters. The molecule has 0 atom stereocenters. The van der Waals surface area contributed by atoms with Gasteiger partial charge in [0.1, 0.15) is 5.82 Å². The van der Waals surface area contributed by atoms with Gasteiger partial charge in [0, 0.05) is 33.7 Å². The smallest absolute Gasteiger partial charge is 0.321 e. The van der Waals surface area contributed by atoms with Crippen LogP contribution in [0.15, 0.2) is 70.3 Å². The standard InChI is InChI=1S/C30H39N5O2/c1-4-5-6-7-8-15-20-35-26(31-28-27(35)29(36)33(3)30(37)32(28)2)23-34(21-24-16-11-9-12-17-24)22-25-18-13-10-14-19-25/h9-14,16-19H,4-8,15,20-23H2,1-3H3. The molecule has 0 saturated heterocycles. The van der Waals surface area contributed by atoms with Gasteiger partial charge in [0.05, 0.1) is 6.54 Å². The van der Waals surface area contributed by atoms with Crippen LogP contribution in [0.5, 0.6) is 0 Å². The van der Waals surface area contributed by atoms with Crippen molar-refractivity contribution in [2.45, 2.75) is 71.6 Å². The minimum absolute atomic E-state index is 0.277. The van der Waals surface area contributed by atoms with E-state index < -0.39 is 0 Å². The third-order valence-corrected chi connectivity index (χ3v) is 7.03. The summed E-state index contributed by atoms with van der Waals surface area (Å²) in [7, 11) is 3.24. The topological polar surface area (TPSA) is 65.1 Å². The highest BCUT2D eigenvalue weighted by Gasteiger charge is 2.21. The van der Waals surface area contributed by atoms with Crippen LogP contribution in [0.1, 0.15) is 62.4 Å². The maximum Gasteiger partial charge on any atom is 0.332 e. The van der Waals surface area contributed by atoms with Crippen LogP contribution in [-0.2, 0) is 40.3 Å². The Morgan fingerprint density at radius 1 is 0.730 bits per heavy atom. The zero-order chi connectivity index (χ0) is 26.2. The van der Waals surface area contributed by atoms with Crippen LogP contribution in [-0.4, -0.2) is 23.6 Å². The molecule has 4 aromatic rings. The zero-order valence-corrected chi connectivity index (χ0v) is 22.4. The number of aromatic nitrogens is 4. The second-order valence-electron chi connectivity index (χ2n) is 9.94. The Hall–Kier alpha value is -3.45. The van der Waals surface area contributed by atoms with Gasteiger partial charge in [-0.3, -0.25) is 18.8 Å². The van der Waals surface area contributed by atoms with Crippen molar-refractivity contribution in [2.75, 3.05) is 0 Å². The van der Waals surface area contributed by atoms with E-state index in [2.05, 4.69) is 64.9 Å². The minimum Gasteiger partial charge on any atom is -0.321 e. The summed E-state index contributed by atoms with van der Waals surface area (Å²) in [5.74, 6) is 0.828. The van der Waals surface area contributed by atoms with Crippen molar-refractivity contribution in [2.24, 2.45) is 14.1 Å². The molecule has 0 N–H and O–H groups in total. The molecule has 0 bridgehead atoms. The summed E-state index contributed by atoms with van der Waals surface area (Å²) >= 11 is 0. The van der Waals surface area contributed by atoms with Gasteiger partial charge in [-0.2, -0.15) is 0 Å². The van der Waals surface area contributed by atoms with Gasteiger partial charge in [-0.05, 0) is 17.5 Å². The summed E-state index contributed by atoms with van der Waals surface area (Å²) < 4.78 is 4.76. The van der Waals surface area contributed by atoms with Crippen molar-refractivity contribution in [3.8, 4) is 0 Å². The molecular formula is C30H39N5O2. The molecule has 196 valence electrons. The molecule has 2 heterocycles. The Morgan fingerprint density at radius 3 is 1.89 bits per heavy atom. The first-order valence-corrected chi connectivity index (χ1v) is 13.4. The fourth-order valence-corrected chi connectivity index (χ4v) is 4.95. The van der Waals surface area contributed by atoms with Gasteiger partial charge in [0.2, 0.25) is 0 Å². The molecule has 0 aliphatic carbocycles. The summed E-state index contributed by atoms with van der Waals surface area (Å²) in [6.07, 6.45) is 7.01. The van der Waals surface area contributed by atoms with E-state index >= 15 is 0 Å². The van der Waals surface area contributed by atoms with E-state index in [0.29, 0.717) is 17.7 Å². The van der Waals surface area contributed by atoms with Crippen molar-refractivity contribution in [1.29, 1.82) is 0 Å². The van der Waals surface area contributed by atoms with Gasteiger partial charge in [-0.25, -0.2) is 9.78 Å². The largest absolute Gasteiger partial charge is 0.332 e. The highest BCUT2D eigenvalue weighted by molar-refractivity contribution is 5.71. The maximum atomic E-state index is 13.3. The van der Waals surface area contributed by atoms with Crippen LogP contribution in [0.3, 0.4) is 0 Å². The van der Waals surface area contributed by atoms with Crippen molar-refractivity contribution >= 4 is 11.2 Å². The van der Waals surface area contributed by atoms with Crippen LogP contribution in [0.4, 0.5) is 0 Å². The number of rotatable bonds is 13.